The van der Waals surface area contributed by atoms with Gasteiger partial charge in [-0.1, -0.05) is 0 Å². The Morgan fingerprint density at radius 3 is 2.29 bits per heavy atom. The van der Waals surface area contributed by atoms with E-state index in [1.807, 2.05) is 0 Å². The Labute approximate surface area is 136 Å². The Morgan fingerprint density at radius 1 is 1.08 bits per heavy atom. The molecule has 1 aliphatic rings. The predicted octanol–water partition coefficient (Wildman–Crippen LogP) is 5.43. The van der Waals surface area contributed by atoms with E-state index in [-0.39, 0.29) is 16.7 Å². The third-order valence-corrected chi connectivity index (χ3v) is 4.40. The summed E-state index contributed by atoms with van der Waals surface area (Å²) in [4.78, 5) is -0.208. The van der Waals surface area contributed by atoms with E-state index in [9.17, 15) is 31.4 Å². The first-order valence-corrected chi connectivity index (χ1v) is 7.34. The number of alkyl halides is 4. The summed E-state index contributed by atoms with van der Waals surface area (Å²) in [6.45, 7) is 0. The van der Waals surface area contributed by atoms with Crippen LogP contribution in [0.1, 0.15) is 23.7 Å². The first kappa shape index (κ1) is 17.0. The van der Waals surface area contributed by atoms with Crippen molar-refractivity contribution in [3.05, 3.63) is 53.1 Å². The first-order chi connectivity index (χ1) is 11.2. The Bertz CT molecular complexity index is 776. The Hall–Kier alpha value is -1.87. The van der Waals surface area contributed by atoms with Crippen molar-refractivity contribution in [2.45, 2.75) is 22.7 Å². The van der Waals surface area contributed by atoms with Crippen molar-refractivity contribution >= 4 is 11.8 Å². The molecule has 0 saturated heterocycles. The summed E-state index contributed by atoms with van der Waals surface area (Å²) in [6, 6.07) is 4.15. The summed E-state index contributed by atoms with van der Waals surface area (Å²) in [6.07, 6.45) is -5.67. The summed E-state index contributed by atoms with van der Waals surface area (Å²) in [5.41, 5.74) is -1.58. The van der Waals surface area contributed by atoms with E-state index in [0.717, 1.165) is 24.3 Å². The van der Waals surface area contributed by atoms with Crippen molar-refractivity contribution in [1.82, 2.24) is 0 Å². The number of fused-ring (bicyclic) bond motifs is 1. The number of benzene rings is 2. The van der Waals surface area contributed by atoms with Gasteiger partial charge in [0.15, 0.2) is 6.10 Å². The molecule has 1 heterocycles. The van der Waals surface area contributed by atoms with Crippen LogP contribution < -0.4 is 4.74 Å². The van der Waals surface area contributed by atoms with E-state index in [4.69, 9.17) is 4.74 Å². The van der Waals surface area contributed by atoms with Gasteiger partial charge in [0.2, 0.25) is 0 Å². The molecular weight excluding hydrogens is 358 g/mol. The molecule has 1 aliphatic heterocycles. The maximum Gasteiger partial charge on any atom is 0.327 e. The van der Waals surface area contributed by atoms with Crippen LogP contribution in [0, 0.1) is 11.6 Å². The van der Waals surface area contributed by atoms with E-state index in [1.54, 1.807) is 0 Å². The maximum absolute atomic E-state index is 13.6. The van der Waals surface area contributed by atoms with Gasteiger partial charge < -0.3 is 9.84 Å². The molecule has 0 spiro atoms. The van der Waals surface area contributed by atoms with Crippen LogP contribution >= 0.6 is 11.8 Å². The molecule has 1 unspecified atom stereocenters. The number of hydrogen-bond acceptors (Lipinski definition) is 3. The number of aliphatic hydroxyl groups is 1. The zero-order valence-corrected chi connectivity index (χ0v) is 12.4. The number of aliphatic hydroxyl groups excluding tert-OH is 1. The third-order valence-electron chi connectivity index (χ3n) is 3.33. The minimum atomic E-state index is -3.66. The van der Waals surface area contributed by atoms with Gasteiger partial charge >= 0.3 is 5.25 Å². The normalized spacial score (nSPS) is 18.8. The van der Waals surface area contributed by atoms with Crippen molar-refractivity contribution in [2.24, 2.45) is 0 Å². The lowest BCUT2D eigenvalue weighted by atomic mass is 10.0. The molecule has 0 aliphatic carbocycles. The van der Waals surface area contributed by atoms with Crippen molar-refractivity contribution in [1.29, 1.82) is 0 Å². The first-order valence-electron chi connectivity index (χ1n) is 6.53. The van der Waals surface area contributed by atoms with Crippen LogP contribution in [0.5, 0.6) is 11.5 Å². The third kappa shape index (κ3) is 2.93. The van der Waals surface area contributed by atoms with Gasteiger partial charge in [-0.2, -0.15) is 8.78 Å². The summed E-state index contributed by atoms with van der Waals surface area (Å²) >= 11 is -0.0393. The van der Waals surface area contributed by atoms with Gasteiger partial charge in [-0.15, -0.1) is 0 Å². The lowest BCUT2D eigenvalue weighted by Gasteiger charge is -2.17. The van der Waals surface area contributed by atoms with Crippen molar-refractivity contribution in [2.75, 3.05) is 0 Å². The van der Waals surface area contributed by atoms with E-state index in [1.165, 1.54) is 0 Å². The summed E-state index contributed by atoms with van der Waals surface area (Å²) in [5.74, 6) is -2.97. The van der Waals surface area contributed by atoms with Gasteiger partial charge in [-0.05, 0) is 23.9 Å². The average molecular weight is 366 g/mol. The van der Waals surface area contributed by atoms with Gasteiger partial charge in [0.05, 0.1) is 5.56 Å². The minimum absolute atomic E-state index is 0.0393. The Morgan fingerprint density at radius 2 is 1.71 bits per heavy atom. The second-order valence-corrected chi connectivity index (χ2v) is 6.15. The number of halogens is 6. The average Bonchev–Trinajstić information content (AvgIpc) is 2.68. The highest BCUT2D eigenvalue weighted by molar-refractivity contribution is 8.00. The van der Waals surface area contributed by atoms with Gasteiger partial charge in [-0.25, -0.2) is 17.6 Å². The topological polar surface area (TPSA) is 29.5 Å². The highest BCUT2D eigenvalue weighted by atomic mass is 32.2. The summed E-state index contributed by atoms with van der Waals surface area (Å²) in [5, 5.41) is 5.98. The number of hydrogen-bond donors (Lipinski definition) is 1. The van der Waals surface area contributed by atoms with E-state index < -0.39 is 52.0 Å². The molecule has 2 nitrogen and oxygen atoms in total. The second-order valence-electron chi connectivity index (χ2n) is 4.96. The molecule has 0 amide bonds. The molecule has 9 heteroatoms. The van der Waals surface area contributed by atoms with Crippen LogP contribution in [0.15, 0.2) is 35.2 Å². The van der Waals surface area contributed by atoms with Crippen LogP contribution in [-0.2, 0) is 0 Å². The number of rotatable bonds is 3. The molecule has 128 valence electrons. The lowest BCUT2D eigenvalue weighted by molar-refractivity contribution is -0.0327. The second kappa shape index (κ2) is 5.89. The fourth-order valence-corrected chi connectivity index (χ4v) is 3.36. The molecule has 24 heavy (non-hydrogen) atoms. The van der Waals surface area contributed by atoms with E-state index in [0.29, 0.717) is 6.07 Å². The van der Waals surface area contributed by atoms with Crippen molar-refractivity contribution < 1.29 is 36.2 Å². The van der Waals surface area contributed by atoms with Crippen molar-refractivity contribution in [3.8, 4) is 11.5 Å². The lowest BCUT2D eigenvalue weighted by Crippen LogP contribution is -2.17. The van der Waals surface area contributed by atoms with Crippen LogP contribution in [0.3, 0.4) is 0 Å². The molecule has 0 radical (unpaired) electrons. The zero-order valence-electron chi connectivity index (χ0n) is 11.6. The zero-order chi connectivity index (χ0) is 17.6. The summed E-state index contributed by atoms with van der Waals surface area (Å²) in [7, 11) is 0. The highest BCUT2D eigenvalue weighted by Crippen LogP contribution is 2.57. The molecule has 1 atom stereocenters. The molecular formula is C15H8F6O2S. The van der Waals surface area contributed by atoms with Crippen LogP contribution in [0.25, 0.3) is 0 Å². The molecule has 0 fully saturated rings. The highest BCUT2D eigenvalue weighted by Gasteiger charge is 2.50. The standard InChI is InChI=1S/C15H8F6O2S/c16-6-3-7(17)5-8(4-6)23-9-1-2-10-12(11(9)14(18)19)13(22)15(20,21)24-10/h1-5,13-14,22H. The Kier molecular flexibility index (Phi) is 4.16. The minimum Gasteiger partial charge on any atom is -0.457 e. The molecule has 2 aromatic rings. The molecule has 2 aromatic carbocycles. The summed E-state index contributed by atoms with van der Waals surface area (Å²) < 4.78 is 85.3. The fraction of sp³-hybridized carbons (Fsp3) is 0.200. The Balaban J connectivity index is 2.09. The van der Waals surface area contributed by atoms with Gasteiger partial charge in [0.1, 0.15) is 23.1 Å². The van der Waals surface area contributed by atoms with E-state index >= 15 is 0 Å². The van der Waals surface area contributed by atoms with Crippen molar-refractivity contribution in [3.63, 3.8) is 0 Å². The molecule has 0 bridgehead atoms. The monoisotopic (exact) mass is 366 g/mol. The maximum atomic E-state index is 13.6. The number of ether oxygens (including phenoxy) is 1. The number of thioether (sulfide) groups is 1. The molecule has 3 rings (SSSR count). The molecule has 0 saturated carbocycles. The van der Waals surface area contributed by atoms with Crippen LogP contribution in [0.2, 0.25) is 0 Å². The molecule has 0 aromatic heterocycles. The molecule has 1 N–H and O–H groups in total. The predicted molar refractivity (Wildman–Crippen MR) is 73.6 cm³/mol. The van der Waals surface area contributed by atoms with Gasteiger partial charge in [0.25, 0.3) is 6.43 Å². The largest absolute Gasteiger partial charge is 0.457 e. The fourth-order valence-electron chi connectivity index (χ4n) is 2.37. The SMILES string of the molecule is OC1c2c(ccc(Oc3cc(F)cc(F)c3)c2C(F)F)SC1(F)F. The van der Waals surface area contributed by atoms with E-state index in [2.05, 4.69) is 0 Å². The quantitative estimate of drug-likeness (QED) is 0.735. The van der Waals surface area contributed by atoms with Crippen LogP contribution in [0.4, 0.5) is 26.3 Å². The van der Waals surface area contributed by atoms with Gasteiger partial charge in [-0.3, -0.25) is 0 Å². The van der Waals surface area contributed by atoms with Crippen LogP contribution in [-0.4, -0.2) is 10.4 Å². The van der Waals surface area contributed by atoms with Gasteiger partial charge in [0, 0.05) is 28.7 Å². The smallest absolute Gasteiger partial charge is 0.327 e.